The standard InChI is InChI=1S/C14H20N2O3S/c1-3-7-14(17)15-10-6-11-16(20(2,18)19)13-9-5-4-8-12(13)15/h4-5,8-9H,3,6-7,10-11H2,1-2H3. The van der Waals surface area contributed by atoms with Crippen LogP contribution in [0.2, 0.25) is 0 Å². The number of carbonyl (C=O) groups excluding carboxylic acids is 1. The molecule has 1 aliphatic rings. The first-order valence-electron chi connectivity index (χ1n) is 6.82. The van der Waals surface area contributed by atoms with E-state index < -0.39 is 10.0 Å². The molecule has 0 aromatic heterocycles. The lowest BCUT2D eigenvalue weighted by molar-refractivity contribution is -0.118. The number of carbonyl (C=O) groups is 1. The van der Waals surface area contributed by atoms with Gasteiger partial charge in [-0.1, -0.05) is 19.1 Å². The highest BCUT2D eigenvalue weighted by atomic mass is 32.2. The summed E-state index contributed by atoms with van der Waals surface area (Å²) >= 11 is 0. The Morgan fingerprint density at radius 2 is 1.85 bits per heavy atom. The lowest BCUT2D eigenvalue weighted by Gasteiger charge is -2.25. The predicted molar refractivity (Wildman–Crippen MR) is 80.5 cm³/mol. The number of hydrogen-bond acceptors (Lipinski definition) is 3. The van der Waals surface area contributed by atoms with Gasteiger partial charge in [-0.05, 0) is 25.0 Å². The van der Waals surface area contributed by atoms with Gasteiger partial charge in [0.15, 0.2) is 0 Å². The molecule has 0 spiro atoms. The first-order valence-corrected chi connectivity index (χ1v) is 8.67. The van der Waals surface area contributed by atoms with Gasteiger partial charge in [0.2, 0.25) is 15.9 Å². The third-order valence-electron chi connectivity index (χ3n) is 3.35. The number of para-hydroxylation sites is 2. The van der Waals surface area contributed by atoms with Gasteiger partial charge in [0, 0.05) is 19.5 Å². The van der Waals surface area contributed by atoms with Crippen molar-refractivity contribution < 1.29 is 13.2 Å². The number of sulfonamides is 1. The molecule has 0 unspecified atom stereocenters. The normalized spacial score (nSPS) is 15.7. The predicted octanol–water partition coefficient (Wildman–Crippen LogP) is 1.99. The van der Waals surface area contributed by atoms with Crippen LogP contribution in [0, 0.1) is 0 Å². The number of amides is 1. The fourth-order valence-electron chi connectivity index (χ4n) is 2.47. The molecule has 1 aliphatic heterocycles. The molecule has 0 N–H and O–H groups in total. The molecule has 0 atom stereocenters. The molecule has 2 rings (SSSR count). The third kappa shape index (κ3) is 2.95. The van der Waals surface area contributed by atoms with Crippen molar-refractivity contribution in [2.75, 3.05) is 28.6 Å². The summed E-state index contributed by atoms with van der Waals surface area (Å²) in [5, 5.41) is 0. The van der Waals surface area contributed by atoms with E-state index in [-0.39, 0.29) is 5.91 Å². The van der Waals surface area contributed by atoms with Gasteiger partial charge in [-0.15, -0.1) is 0 Å². The molecule has 1 amide bonds. The Morgan fingerprint density at radius 1 is 1.20 bits per heavy atom. The zero-order chi connectivity index (χ0) is 14.8. The smallest absolute Gasteiger partial charge is 0.232 e. The van der Waals surface area contributed by atoms with E-state index in [2.05, 4.69) is 0 Å². The van der Waals surface area contributed by atoms with Gasteiger partial charge >= 0.3 is 0 Å². The Hall–Kier alpha value is -1.56. The van der Waals surface area contributed by atoms with Crippen LogP contribution in [0.4, 0.5) is 11.4 Å². The zero-order valence-electron chi connectivity index (χ0n) is 11.9. The van der Waals surface area contributed by atoms with Crippen LogP contribution in [0.3, 0.4) is 0 Å². The van der Waals surface area contributed by atoms with E-state index in [0.717, 1.165) is 6.42 Å². The van der Waals surface area contributed by atoms with E-state index in [1.54, 1.807) is 17.0 Å². The van der Waals surface area contributed by atoms with E-state index >= 15 is 0 Å². The Kier molecular flexibility index (Phi) is 4.32. The van der Waals surface area contributed by atoms with E-state index in [0.29, 0.717) is 37.3 Å². The Labute approximate surface area is 120 Å². The second-order valence-corrected chi connectivity index (χ2v) is 6.88. The van der Waals surface area contributed by atoms with Crippen LogP contribution < -0.4 is 9.21 Å². The highest BCUT2D eigenvalue weighted by Crippen LogP contribution is 2.33. The average Bonchev–Trinajstić information content (AvgIpc) is 2.57. The summed E-state index contributed by atoms with van der Waals surface area (Å²) in [4.78, 5) is 13.9. The van der Waals surface area contributed by atoms with E-state index in [4.69, 9.17) is 0 Å². The summed E-state index contributed by atoms with van der Waals surface area (Å²) in [6, 6.07) is 7.20. The largest absolute Gasteiger partial charge is 0.310 e. The monoisotopic (exact) mass is 296 g/mol. The van der Waals surface area contributed by atoms with Gasteiger partial charge < -0.3 is 4.90 Å². The molecule has 1 heterocycles. The molecular weight excluding hydrogens is 276 g/mol. The van der Waals surface area contributed by atoms with Gasteiger partial charge in [-0.3, -0.25) is 9.10 Å². The van der Waals surface area contributed by atoms with Crippen LogP contribution in [0.25, 0.3) is 0 Å². The molecule has 6 heteroatoms. The number of rotatable bonds is 3. The maximum atomic E-state index is 12.2. The Bertz CT molecular complexity index is 598. The number of fused-ring (bicyclic) bond motifs is 1. The van der Waals surface area contributed by atoms with Crippen LogP contribution in [0.15, 0.2) is 24.3 Å². The van der Waals surface area contributed by atoms with Crippen molar-refractivity contribution in [2.24, 2.45) is 0 Å². The second-order valence-electron chi connectivity index (χ2n) is 4.97. The van der Waals surface area contributed by atoms with Crippen LogP contribution >= 0.6 is 0 Å². The third-order valence-corrected chi connectivity index (χ3v) is 4.53. The minimum absolute atomic E-state index is 0.0512. The first kappa shape index (κ1) is 14.8. The van der Waals surface area contributed by atoms with Gasteiger partial charge in [0.25, 0.3) is 0 Å². The summed E-state index contributed by atoms with van der Waals surface area (Å²) in [5.74, 6) is 0.0512. The first-order chi connectivity index (χ1) is 9.45. The van der Waals surface area contributed by atoms with Crippen molar-refractivity contribution in [3.8, 4) is 0 Å². The number of benzene rings is 1. The van der Waals surface area contributed by atoms with Crippen molar-refractivity contribution in [3.63, 3.8) is 0 Å². The fraction of sp³-hybridized carbons (Fsp3) is 0.500. The molecular formula is C14H20N2O3S. The maximum Gasteiger partial charge on any atom is 0.232 e. The summed E-state index contributed by atoms with van der Waals surface area (Å²) in [6.07, 6.45) is 3.10. The lowest BCUT2D eigenvalue weighted by atomic mass is 10.2. The molecule has 1 aromatic rings. The van der Waals surface area contributed by atoms with Crippen molar-refractivity contribution in [1.82, 2.24) is 0 Å². The van der Waals surface area contributed by atoms with Crippen molar-refractivity contribution >= 4 is 27.3 Å². The van der Waals surface area contributed by atoms with Gasteiger partial charge in [-0.2, -0.15) is 0 Å². The van der Waals surface area contributed by atoms with Gasteiger partial charge in [0.05, 0.1) is 17.6 Å². The molecule has 5 nitrogen and oxygen atoms in total. The SMILES string of the molecule is CCCC(=O)N1CCCN(S(C)(=O)=O)c2ccccc21. The number of anilines is 2. The highest BCUT2D eigenvalue weighted by Gasteiger charge is 2.27. The molecule has 0 saturated heterocycles. The zero-order valence-corrected chi connectivity index (χ0v) is 12.7. The fourth-order valence-corrected chi connectivity index (χ4v) is 3.44. The summed E-state index contributed by atoms with van der Waals surface area (Å²) in [5.41, 5.74) is 1.28. The van der Waals surface area contributed by atoms with Crippen molar-refractivity contribution in [3.05, 3.63) is 24.3 Å². The van der Waals surface area contributed by atoms with Gasteiger partial charge in [0.1, 0.15) is 0 Å². The Morgan fingerprint density at radius 3 is 2.45 bits per heavy atom. The van der Waals surface area contributed by atoms with Gasteiger partial charge in [-0.25, -0.2) is 8.42 Å². The second kappa shape index (κ2) is 5.83. The van der Waals surface area contributed by atoms with Crippen LogP contribution in [0.5, 0.6) is 0 Å². The molecule has 110 valence electrons. The summed E-state index contributed by atoms with van der Waals surface area (Å²) in [7, 11) is -3.33. The molecule has 0 radical (unpaired) electrons. The lowest BCUT2D eigenvalue weighted by Crippen LogP contribution is -2.31. The Balaban J connectivity index is 2.48. The molecule has 1 aromatic carbocycles. The van der Waals surface area contributed by atoms with E-state index in [1.807, 2.05) is 19.1 Å². The average molecular weight is 296 g/mol. The number of hydrogen-bond donors (Lipinski definition) is 0. The highest BCUT2D eigenvalue weighted by molar-refractivity contribution is 7.92. The molecule has 0 bridgehead atoms. The summed E-state index contributed by atoms with van der Waals surface area (Å²) in [6.45, 7) is 2.93. The molecule has 0 fully saturated rings. The quantitative estimate of drug-likeness (QED) is 0.857. The molecule has 0 aliphatic carbocycles. The van der Waals surface area contributed by atoms with Crippen molar-refractivity contribution in [2.45, 2.75) is 26.2 Å². The minimum atomic E-state index is -3.33. The van der Waals surface area contributed by atoms with Crippen LogP contribution in [0.1, 0.15) is 26.2 Å². The van der Waals surface area contributed by atoms with Crippen LogP contribution in [-0.4, -0.2) is 33.7 Å². The number of nitrogens with zero attached hydrogens (tertiary/aromatic N) is 2. The molecule has 20 heavy (non-hydrogen) atoms. The van der Waals surface area contributed by atoms with E-state index in [1.165, 1.54) is 10.6 Å². The topological polar surface area (TPSA) is 57.7 Å². The minimum Gasteiger partial charge on any atom is -0.310 e. The van der Waals surface area contributed by atoms with Crippen LogP contribution in [-0.2, 0) is 14.8 Å². The van der Waals surface area contributed by atoms with E-state index in [9.17, 15) is 13.2 Å². The summed E-state index contributed by atoms with van der Waals surface area (Å²) < 4.78 is 25.2. The molecule has 0 saturated carbocycles. The van der Waals surface area contributed by atoms with Crippen molar-refractivity contribution in [1.29, 1.82) is 0 Å². The maximum absolute atomic E-state index is 12.2.